The van der Waals surface area contributed by atoms with Crippen LogP contribution >= 0.6 is 34.8 Å². The summed E-state index contributed by atoms with van der Waals surface area (Å²) in [5, 5.41) is 6.07. The zero-order valence-corrected chi connectivity index (χ0v) is 21.9. The molecule has 0 amide bonds. The van der Waals surface area contributed by atoms with Crippen LogP contribution in [0.1, 0.15) is 22.3 Å². The van der Waals surface area contributed by atoms with Crippen molar-refractivity contribution in [3.63, 3.8) is 0 Å². The molecule has 194 valence electrons. The summed E-state index contributed by atoms with van der Waals surface area (Å²) in [5.41, 5.74) is 2.18. The molecule has 0 aliphatic rings. The molecule has 0 saturated carbocycles. The average molecular weight is 578 g/mol. The first-order chi connectivity index (χ1) is 18.1. The van der Waals surface area contributed by atoms with Crippen LogP contribution in [0.4, 0.5) is 17.6 Å². The first kappa shape index (κ1) is 26.5. The second-order valence-electron chi connectivity index (χ2n) is 8.88. The van der Waals surface area contributed by atoms with Gasteiger partial charge in [0.05, 0.1) is 17.8 Å². The maximum absolute atomic E-state index is 14.7. The van der Waals surface area contributed by atoms with E-state index in [2.05, 4.69) is 5.10 Å². The number of benzene rings is 4. The van der Waals surface area contributed by atoms with Gasteiger partial charge in [-0.15, -0.1) is 0 Å². The molecular weight excluding hydrogens is 559 g/mol. The Morgan fingerprint density at radius 2 is 1.50 bits per heavy atom. The Morgan fingerprint density at radius 1 is 0.763 bits per heavy atom. The molecule has 1 heterocycles. The zero-order valence-electron chi connectivity index (χ0n) is 19.7. The number of hydrogen-bond acceptors (Lipinski definition) is 1. The predicted molar refractivity (Wildman–Crippen MR) is 145 cm³/mol. The van der Waals surface area contributed by atoms with Crippen LogP contribution in [0.2, 0.25) is 15.1 Å². The van der Waals surface area contributed by atoms with Crippen molar-refractivity contribution in [3.8, 4) is 11.3 Å². The lowest BCUT2D eigenvalue weighted by atomic mass is 9.99. The minimum atomic E-state index is -4.60. The third-order valence-corrected chi connectivity index (χ3v) is 7.14. The van der Waals surface area contributed by atoms with Crippen molar-refractivity contribution in [1.82, 2.24) is 9.78 Å². The van der Waals surface area contributed by atoms with Gasteiger partial charge in [0.2, 0.25) is 0 Å². The van der Waals surface area contributed by atoms with Crippen molar-refractivity contribution in [2.45, 2.75) is 25.6 Å². The van der Waals surface area contributed by atoms with Gasteiger partial charge in [0.25, 0.3) is 0 Å². The summed E-state index contributed by atoms with van der Waals surface area (Å²) >= 11 is 18.3. The molecule has 0 bridgehead atoms. The summed E-state index contributed by atoms with van der Waals surface area (Å²) in [6.07, 6.45) is -3.35. The molecule has 0 aliphatic heterocycles. The van der Waals surface area contributed by atoms with Crippen LogP contribution in [0.5, 0.6) is 0 Å². The number of fused-ring (bicyclic) bond motifs is 1. The SMILES string of the molecule is Fc1cc(Cl)ccc1Cn1nc2c(C(F)(F)F)cccc2c1-c1cccc(CCc2cc(Cl)ccc2Cl)c1. The molecule has 38 heavy (non-hydrogen) atoms. The van der Waals surface area contributed by atoms with Gasteiger partial charge in [-0.2, -0.15) is 18.3 Å². The maximum Gasteiger partial charge on any atom is 0.418 e. The number of aromatic nitrogens is 2. The lowest BCUT2D eigenvalue weighted by molar-refractivity contribution is -0.136. The summed E-state index contributed by atoms with van der Waals surface area (Å²) in [6.45, 7) is -0.0767. The average Bonchev–Trinajstić information content (AvgIpc) is 3.24. The Labute approximate surface area is 231 Å². The summed E-state index contributed by atoms with van der Waals surface area (Å²) in [4.78, 5) is 0. The van der Waals surface area contributed by atoms with E-state index in [4.69, 9.17) is 34.8 Å². The van der Waals surface area contributed by atoms with Crippen molar-refractivity contribution < 1.29 is 17.6 Å². The Hall–Kier alpha value is -3.06. The van der Waals surface area contributed by atoms with E-state index in [1.54, 1.807) is 24.3 Å². The highest BCUT2D eigenvalue weighted by molar-refractivity contribution is 6.33. The molecule has 0 spiro atoms. The molecule has 0 atom stereocenters. The zero-order chi connectivity index (χ0) is 27.0. The number of alkyl halides is 3. The summed E-state index contributed by atoms with van der Waals surface area (Å²) in [6, 6.07) is 20.9. The van der Waals surface area contributed by atoms with Crippen LogP contribution in [0.15, 0.2) is 78.9 Å². The van der Waals surface area contributed by atoms with Gasteiger partial charge >= 0.3 is 6.18 Å². The largest absolute Gasteiger partial charge is 0.418 e. The third kappa shape index (κ3) is 5.53. The molecule has 0 radical (unpaired) electrons. The second-order valence-corrected chi connectivity index (χ2v) is 10.2. The minimum absolute atomic E-state index is 0.0767. The Kier molecular flexibility index (Phi) is 7.40. The molecule has 0 fully saturated rings. The fraction of sp³-hybridized carbons (Fsp3) is 0.138. The van der Waals surface area contributed by atoms with Gasteiger partial charge in [0, 0.05) is 31.6 Å². The fourth-order valence-electron chi connectivity index (χ4n) is 4.50. The number of hydrogen-bond donors (Lipinski definition) is 0. The fourth-order valence-corrected chi connectivity index (χ4v) is 5.06. The molecule has 0 unspecified atom stereocenters. The Bertz CT molecular complexity index is 1640. The molecule has 4 aromatic carbocycles. The topological polar surface area (TPSA) is 17.8 Å². The van der Waals surface area contributed by atoms with Crippen molar-refractivity contribution in [3.05, 3.63) is 122 Å². The lowest BCUT2D eigenvalue weighted by Crippen LogP contribution is -2.07. The van der Waals surface area contributed by atoms with Crippen LogP contribution in [0, 0.1) is 5.82 Å². The number of rotatable bonds is 6. The Balaban J connectivity index is 1.59. The van der Waals surface area contributed by atoms with E-state index in [1.165, 1.54) is 28.9 Å². The van der Waals surface area contributed by atoms with Crippen LogP contribution in [0.3, 0.4) is 0 Å². The summed E-state index contributed by atoms with van der Waals surface area (Å²) < 4.78 is 57.6. The molecule has 1 aromatic heterocycles. The van der Waals surface area contributed by atoms with E-state index in [9.17, 15) is 17.6 Å². The van der Waals surface area contributed by atoms with Gasteiger partial charge in [-0.1, -0.05) is 71.2 Å². The van der Waals surface area contributed by atoms with Crippen molar-refractivity contribution in [2.75, 3.05) is 0 Å². The van der Waals surface area contributed by atoms with Crippen molar-refractivity contribution >= 4 is 45.7 Å². The molecule has 0 aliphatic carbocycles. The standard InChI is InChI=1S/C29H19Cl3F4N2/c30-21-11-12-25(32)18(14-21)8-7-17-3-1-4-19(13-17)28-23-5-2-6-24(29(34,35)36)27(23)37-38(28)16-20-9-10-22(31)15-26(20)33/h1-6,9-15H,7-8,16H2. The van der Waals surface area contributed by atoms with Gasteiger partial charge in [0.1, 0.15) is 11.3 Å². The van der Waals surface area contributed by atoms with E-state index in [0.29, 0.717) is 39.5 Å². The number of halogens is 7. The summed E-state index contributed by atoms with van der Waals surface area (Å²) in [5.74, 6) is -0.564. The first-order valence-corrected chi connectivity index (χ1v) is 12.8. The maximum atomic E-state index is 14.7. The first-order valence-electron chi connectivity index (χ1n) is 11.6. The van der Waals surface area contributed by atoms with Gasteiger partial charge < -0.3 is 0 Å². The van der Waals surface area contributed by atoms with Crippen molar-refractivity contribution in [2.24, 2.45) is 0 Å². The smallest absolute Gasteiger partial charge is 0.259 e. The van der Waals surface area contributed by atoms with Crippen LogP contribution < -0.4 is 0 Å². The highest BCUT2D eigenvalue weighted by atomic mass is 35.5. The third-order valence-electron chi connectivity index (χ3n) is 6.30. The van der Waals surface area contributed by atoms with E-state index in [1.807, 2.05) is 24.3 Å². The van der Waals surface area contributed by atoms with E-state index in [0.717, 1.165) is 17.2 Å². The van der Waals surface area contributed by atoms with Crippen LogP contribution in [-0.2, 0) is 25.6 Å². The molecule has 5 aromatic rings. The second kappa shape index (κ2) is 10.6. The van der Waals surface area contributed by atoms with E-state index < -0.39 is 17.6 Å². The van der Waals surface area contributed by atoms with Gasteiger partial charge in [-0.25, -0.2) is 4.39 Å². The highest BCUT2D eigenvalue weighted by Crippen LogP contribution is 2.38. The summed E-state index contributed by atoms with van der Waals surface area (Å²) in [7, 11) is 0. The highest BCUT2D eigenvalue weighted by Gasteiger charge is 2.34. The molecule has 5 rings (SSSR count). The van der Waals surface area contributed by atoms with Crippen LogP contribution in [-0.4, -0.2) is 9.78 Å². The molecule has 9 heteroatoms. The lowest BCUT2D eigenvalue weighted by Gasteiger charge is -2.11. The Morgan fingerprint density at radius 3 is 2.26 bits per heavy atom. The molecular formula is C29H19Cl3F4N2. The number of aryl methyl sites for hydroxylation is 2. The van der Waals surface area contributed by atoms with E-state index >= 15 is 0 Å². The van der Waals surface area contributed by atoms with Crippen molar-refractivity contribution in [1.29, 1.82) is 0 Å². The normalized spacial score (nSPS) is 11.9. The minimum Gasteiger partial charge on any atom is -0.259 e. The quantitative estimate of drug-likeness (QED) is 0.184. The molecule has 0 N–H and O–H groups in total. The molecule has 0 saturated heterocycles. The monoisotopic (exact) mass is 576 g/mol. The predicted octanol–water partition coefficient (Wildman–Crippen LogP) is 9.65. The molecule has 2 nitrogen and oxygen atoms in total. The van der Waals surface area contributed by atoms with Crippen LogP contribution in [0.25, 0.3) is 22.2 Å². The van der Waals surface area contributed by atoms with Gasteiger partial charge in [-0.3, -0.25) is 4.68 Å². The van der Waals surface area contributed by atoms with E-state index in [-0.39, 0.29) is 22.6 Å². The number of nitrogens with zero attached hydrogens (tertiary/aromatic N) is 2. The van der Waals surface area contributed by atoms with Gasteiger partial charge in [0.15, 0.2) is 0 Å². The van der Waals surface area contributed by atoms with Gasteiger partial charge in [-0.05, 0) is 66.4 Å².